The Labute approximate surface area is 241 Å². The third kappa shape index (κ3) is 7.16. The normalized spacial score (nSPS) is 11.1. The molecule has 5 rings (SSSR count). The first-order valence-corrected chi connectivity index (χ1v) is 13.9. The first-order valence-electron chi connectivity index (χ1n) is 12.5. The number of hydrazone groups is 1. The lowest BCUT2D eigenvalue weighted by Gasteiger charge is -2.10. The van der Waals surface area contributed by atoms with E-state index in [1.165, 1.54) is 11.8 Å². The Morgan fingerprint density at radius 3 is 2.52 bits per heavy atom. The van der Waals surface area contributed by atoms with Gasteiger partial charge in [-0.05, 0) is 66.6 Å². The quantitative estimate of drug-likeness (QED) is 0.115. The van der Waals surface area contributed by atoms with Crippen molar-refractivity contribution in [3.63, 3.8) is 0 Å². The molecule has 1 heterocycles. The van der Waals surface area contributed by atoms with Crippen LogP contribution in [0.4, 0.5) is 0 Å². The van der Waals surface area contributed by atoms with E-state index in [9.17, 15) is 4.79 Å². The van der Waals surface area contributed by atoms with Gasteiger partial charge in [-0.1, -0.05) is 83.5 Å². The zero-order chi connectivity index (χ0) is 27.7. The number of ether oxygens (including phenoxy) is 1. The number of aryl methyl sites for hydroxylation is 1. The summed E-state index contributed by atoms with van der Waals surface area (Å²) in [6.07, 6.45) is 1.59. The fourth-order valence-corrected chi connectivity index (χ4v) is 4.71. The highest BCUT2D eigenvalue weighted by Crippen LogP contribution is 2.29. The van der Waals surface area contributed by atoms with Crippen LogP contribution in [0.15, 0.2) is 113 Å². The summed E-state index contributed by atoms with van der Waals surface area (Å²) < 4.78 is 7.80. The van der Waals surface area contributed by atoms with E-state index in [-0.39, 0.29) is 11.7 Å². The third-order valence-corrected chi connectivity index (χ3v) is 7.05. The highest BCUT2D eigenvalue weighted by Gasteiger charge is 2.17. The first kappa shape index (κ1) is 27.2. The highest BCUT2D eigenvalue weighted by atomic mass is 35.5. The second-order valence-corrected chi connectivity index (χ2v) is 10.3. The summed E-state index contributed by atoms with van der Waals surface area (Å²) in [6, 6.07) is 33.0. The van der Waals surface area contributed by atoms with Crippen LogP contribution in [0.25, 0.3) is 17.1 Å². The van der Waals surface area contributed by atoms with Crippen molar-refractivity contribution in [2.45, 2.75) is 18.7 Å². The molecule has 4 aromatic carbocycles. The standard InChI is InChI=1S/C31H26ClN5O2S/c1-22-10-16-27(17-11-22)37-30(25-12-14-26(32)15-13-25)35-36-31(37)40-21-29(38)34-33-19-24-8-5-9-28(18-24)39-20-23-6-3-2-4-7-23/h2-19H,20-21H2,1H3,(H,34,38)/b33-19-. The molecule has 0 radical (unpaired) electrons. The largest absolute Gasteiger partial charge is 0.489 e. The van der Waals surface area contributed by atoms with E-state index in [1.807, 2.05) is 115 Å². The number of nitrogens with zero attached hydrogens (tertiary/aromatic N) is 4. The molecule has 0 aliphatic carbocycles. The lowest BCUT2D eigenvalue weighted by atomic mass is 10.2. The van der Waals surface area contributed by atoms with Crippen molar-refractivity contribution < 1.29 is 9.53 Å². The van der Waals surface area contributed by atoms with Crippen molar-refractivity contribution in [2.24, 2.45) is 5.10 Å². The predicted molar refractivity (Wildman–Crippen MR) is 160 cm³/mol. The Morgan fingerprint density at radius 1 is 0.975 bits per heavy atom. The number of carbonyl (C=O) groups excluding carboxylic acids is 1. The molecule has 0 aliphatic heterocycles. The molecule has 0 unspecified atom stereocenters. The molecule has 0 atom stereocenters. The van der Waals surface area contributed by atoms with Crippen LogP contribution < -0.4 is 10.2 Å². The molecular weight excluding hydrogens is 542 g/mol. The van der Waals surface area contributed by atoms with Gasteiger partial charge in [0.15, 0.2) is 11.0 Å². The molecule has 0 bridgehead atoms. The molecule has 0 aliphatic rings. The van der Waals surface area contributed by atoms with E-state index in [0.717, 1.165) is 33.7 Å². The van der Waals surface area contributed by atoms with Crippen LogP contribution in [0.5, 0.6) is 5.75 Å². The minimum Gasteiger partial charge on any atom is -0.489 e. The molecule has 7 nitrogen and oxygen atoms in total. The molecule has 5 aromatic rings. The maximum atomic E-state index is 12.6. The number of aromatic nitrogens is 3. The fourth-order valence-electron chi connectivity index (χ4n) is 3.84. The highest BCUT2D eigenvalue weighted by molar-refractivity contribution is 7.99. The zero-order valence-electron chi connectivity index (χ0n) is 21.7. The molecule has 1 N–H and O–H groups in total. The number of carbonyl (C=O) groups is 1. The Balaban J connectivity index is 1.22. The average Bonchev–Trinajstić information content (AvgIpc) is 3.40. The summed E-state index contributed by atoms with van der Waals surface area (Å²) in [7, 11) is 0. The monoisotopic (exact) mass is 567 g/mol. The Bertz CT molecular complexity index is 1600. The van der Waals surface area contributed by atoms with Crippen molar-refractivity contribution in [2.75, 3.05) is 5.75 Å². The van der Waals surface area contributed by atoms with Gasteiger partial charge in [-0.25, -0.2) is 5.43 Å². The lowest BCUT2D eigenvalue weighted by molar-refractivity contribution is -0.118. The smallest absolute Gasteiger partial charge is 0.250 e. The van der Waals surface area contributed by atoms with E-state index < -0.39 is 0 Å². The summed E-state index contributed by atoms with van der Waals surface area (Å²) in [6.45, 7) is 2.51. The van der Waals surface area contributed by atoms with Gasteiger partial charge in [0, 0.05) is 16.3 Å². The number of hydrogen-bond donors (Lipinski definition) is 1. The zero-order valence-corrected chi connectivity index (χ0v) is 23.3. The molecule has 1 amide bonds. The van der Waals surface area contributed by atoms with Crippen LogP contribution in [-0.4, -0.2) is 32.6 Å². The van der Waals surface area contributed by atoms with Crippen molar-refractivity contribution in [1.82, 2.24) is 20.2 Å². The molecule has 1 aromatic heterocycles. The van der Waals surface area contributed by atoms with Gasteiger partial charge in [-0.3, -0.25) is 9.36 Å². The minimum absolute atomic E-state index is 0.113. The molecule has 0 spiro atoms. The number of benzene rings is 4. The molecule has 0 saturated carbocycles. The topological polar surface area (TPSA) is 81.4 Å². The first-order chi connectivity index (χ1) is 19.5. The molecule has 40 heavy (non-hydrogen) atoms. The second kappa shape index (κ2) is 13.1. The summed E-state index contributed by atoms with van der Waals surface area (Å²) in [5, 5.41) is 14.1. The van der Waals surface area contributed by atoms with Crippen molar-refractivity contribution in [1.29, 1.82) is 0 Å². The number of amides is 1. The average molecular weight is 568 g/mol. The van der Waals surface area contributed by atoms with Crippen LogP contribution in [0.1, 0.15) is 16.7 Å². The van der Waals surface area contributed by atoms with Gasteiger partial charge in [0.2, 0.25) is 0 Å². The van der Waals surface area contributed by atoms with Gasteiger partial charge in [0.25, 0.3) is 5.91 Å². The Hall–Kier alpha value is -4.40. The van der Waals surface area contributed by atoms with E-state index in [1.54, 1.807) is 6.21 Å². The second-order valence-electron chi connectivity index (χ2n) is 8.91. The molecule has 9 heteroatoms. The van der Waals surface area contributed by atoms with Gasteiger partial charge in [0.1, 0.15) is 12.4 Å². The van der Waals surface area contributed by atoms with Gasteiger partial charge < -0.3 is 4.74 Å². The van der Waals surface area contributed by atoms with Gasteiger partial charge in [-0.2, -0.15) is 5.10 Å². The predicted octanol–water partition coefficient (Wildman–Crippen LogP) is 6.72. The van der Waals surface area contributed by atoms with Crippen LogP contribution in [0, 0.1) is 6.92 Å². The van der Waals surface area contributed by atoms with Gasteiger partial charge >= 0.3 is 0 Å². The summed E-state index contributed by atoms with van der Waals surface area (Å²) >= 11 is 7.36. The third-order valence-electron chi connectivity index (χ3n) is 5.87. The Morgan fingerprint density at radius 2 is 1.75 bits per heavy atom. The van der Waals surface area contributed by atoms with E-state index in [4.69, 9.17) is 16.3 Å². The molecular formula is C31H26ClN5O2S. The molecule has 0 saturated heterocycles. The maximum Gasteiger partial charge on any atom is 0.250 e. The molecule has 200 valence electrons. The SMILES string of the molecule is Cc1ccc(-n2c(SCC(=O)N/N=C\c3cccc(OCc4ccccc4)c3)nnc2-c2ccc(Cl)cc2)cc1. The number of rotatable bonds is 10. The van der Waals surface area contributed by atoms with E-state index >= 15 is 0 Å². The van der Waals surface area contributed by atoms with Gasteiger partial charge in [-0.15, -0.1) is 10.2 Å². The van der Waals surface area contributed by atoms with Crippen LogP contribution in [0.2, 0.25) is 5.02 Å². The van der Waals surface area contributed by atoms with Crippen molar-refractivity contribution in [3.05, 3.63) is 125 Å². The number of thioether (sulfide) groups is 1. The van der Waals surface area contributed by atoms with Crippen LogP contribution in [0.3, 0.4) is 0 Å². The summed E-state index contributed by atoms with van der Waals surface area (Å²) in [5.41, 5.74) is 7.40. The summed E-state index contributed by atoms with van der Waals surface area (Å²) in [5.74, 6) is 1.24. The van der Waals surface area contributed by atoms with Crippen LogP contribution >= 0.6 is 23.4 Å². The summed E-state index contributed by atoms with van der Waals surface area (Å²) in [4.78, 5) is 12.6. The van der Waals surface area contributed by atoms with Crippen molar-refractivity contribution >= 4 is 35.5 Å². The Kier molecular flexibility index (Phi) is 8.90. The maximum absolute atomic E-state index is 12.6. The number of hydrogen-bond acceptors (Lipinski definition) is 6. The minimum atomic E-state index is -0.260. The number of nitrogens with one attached hydrogen (secondary N) is 1. The van der Waals surface area contributed by atoms with E-state index in [2.05, 4.69) is 20.7 Å². The van der Waals surface area contributed by atoms with Gasteiger partial charge in [0.05, 0.1) is 12.0 Å². The lowest BCUT2D eigenvalue weighted by Crippen LogP contribution is -2.20. The van der Waals surface area contributed by atoms with Crippen LogP contribution in [-0.2, 0) is 11.4 Å². The fraction of sp³-hybridized carbons (Fsp3) is 0.0968. The van der Waals surface area contributed by atoms with E-state index in [0.29, 0.717) is 22.6 Å². The number of halogens is 1. The molecule has 0 fully saturated rings. The van der Waals surface area contributed by atoms with Crippen molar-refractivity contribution in [3.8, 4) is 22.8 Å².